The molecular formula is C26H22F4N4OS. The Bertz CT molecular complexity index is 1290. The van der Waals surface area contributed by atoms with Crippen LogP contribution in [0, 0.1) is 5.82 Å². The maximum absolute atomic E-state index is 13.4. The summed E-state index contributed by atoms with van der Waals surface area (Å²) in [6.07, 6.45) is -2.80. The van der Waals surface area contributed by atoms with Crippen LogP contribution >= 0.6 is 11.3 Å². The number of rotatable bonds is 9. The molecule has 5 nitrogen and oxygen atoms in total. The van der Waals surface area contributed by atoms with Gasteiger partial charge in [-0.2, -0.15) is 13.2 Å². The Morgan fingerprint density at radius 3 is 2.44 bits per heavy atom. The fourth-order valence-corrected chi connectivity index (χ4v) is 4.38. The molecule has 0 aliphatic rings. The lowest BCUT2D eigenvalue weighted by atomic mass is 10.1. The molecule has 1 N–H and O–H groups in total. The van der Waals surface area contributed by atoms with Crippen molar-refractivity contribution in [1.29, 1.82) is 0 Å². The highest BCUT2D eigenvalue weighted by atomic mass is 32.1. The Labute approximate surface area is 209 Å². The summed E-state index contributed by atoms with van der Waals surface area (Å²) in [6, 6.07) is 16.5. The molecule has 4 rings (SSSR count). The molecule has 0 fully saturated rings. The van der Waals surface area contributed by atoms with Gasteiger partial charge in [0.25, 0.3) is 5.91 Å². The van der Waals surface area contributed by atoms with Gasteiger partial charge in [0.1, 0.15) is 16.5 Å². The lowest BCUT2D eigenvalue weighted by Gasteiger charge is -2.22. The number of hydrogen-bond acceptors (Lipinski definition) is 5. The Morgan fingerprint density at radius 1 is 0.944 bits per heavy atom. The second kappa shape index (κ2) is 11.4. The number of alkyl halides is 3. The minimum atomic E-state index is -4.44. The van der Waals surface area contributed by atoms with Crippen molar-refractivity contribution in [3.8, 4) is 0 Å². The zero-order valence-corrected chi connectivity index (χ0v) is 19.8. The summed E-state index contributed by atoms with van der Waals surface area (Å²) in [6.45, 7) is 1.13. The molecule has 0 unspecified atom stereocenters. The van der Waals surface area contributed by atoms with Crippen LogP contribution in [0.15, 0.2) is 78.3 Å². The number of pyridine rings is 1. The fourth-order valence-electron chi connectivity index (χ4n) is 3.56. The number of thiazole rings is 1. The van der Waals surface area contributed by atoms with Gasteiger partial charge in [0.15, 0.2) is 0 Å². The lowest BCUT2D eigenvalue weighted by Crippen LogP contribution is -2.24. The minimum Gasteiger partial charge on any atom is -0.345 e. The Balaban J connectivity index is 1.47. The van der Waals surface area contributed by atoms with Crippen molar-refractivity contribution in [3.63, 3.8) is 0 Å². The molecule has 0 atom stereocenters. The van der Waals surface area contributed by atoms with Gasteiger partial charge in [-0.1, -0.05) is 36.4 Å². The van der Waals surface area contributed by atoms with E-state index < -0.39 is 11.7 Å². The molecule has 0 saturated carbocycles. The maximum atomic E-state index is 13.4. The molecule has 0 bridgehead atoms. The second-order valence-corrected chi connectivity index (χ2v) is 9.04. The third-order valence-corrected chi connectivity index (χ3v) is 6.11. The quantitative estimate of drug-likeness (QED) is 0.286. The number of carbonyl (C=O) groups excluding carboxylic acids is 1. The Hall–Kier alpha value is -3.63. The van der Waals surface area contributed by atoms with E-state index >= 15 is 0 Å². The van der Waals surface area contributed by atoms with E-state index in [4.69, 9.17) is 0 Å². The predicted molar refractivity (Wildman–Crippen MR) is 128 cm³/mol. The number of hydrogen-bond donors (Lipinski definition) is 1. The summed E-state index contributed by atoms with van der Waals surface area (Å²) in [5.41, 5.74) is 1.53. The van der Waals surface area contributed by atoms with Gasteiger partial charge in [-0.25, -0.2) is 9.37 Å². The van der Waals surface area contributed by atoms with Crippen LogP contribution in [-0.2, 0) is 32.4 Å². The second-order valence-electron chi connectivity index (χ2n) is 8.10. The maximum Gasteiger partial charge on any atom is 0.416 e. The third kappa shape index (κ3) is 7.19. The molecule has 4 aromatic rings. The summed E-state index contributed by atoms with van der Waals surface area (Å²) in [5, 5.41) is 5.05. The number of nitrogens with zero attached hydrogens (tertiary/aromatic N) is 3. The van der Waals surface area contributed by atoms with Gasteiger partial charge in [0.2, 0.25) is 0 Å². The minimum absolute atomic E-state index is 0.210. The normalized spacial score (nSPS) is 11.6. The molecule has 1 amide bonds. The highest BCUT2D eigenvalue weighted by molar-refractivity contribution is 7.09. The van der Waals surface area contributed by atoms with E-state index in [-0.39, 0.29) is 30.5 Å². The first-order chi connectivity index (χ1) is 17.3. The van der Waals surface area contributed by atoms with Crippen LogP contribution in [0.25, 0.3) is 0 Å². The van der Waals surface area contributed by atoms with Gasteiger partial charge in [-0.05, 0) is 41.5 Å². The third-order valence-electron chi connectivity index (χ3n) is 5.28. The first-order valence-electron chi connectivity index (χ1n) is 11.0. The first-order valence-corrected chi connectivity index (χ1v) is 11.9. The standard InChI is InChI=1S/C26H22F4N4OS/c27-21-9-7-18(8-10-21)14-34(15-19-4-3-5-20(12-19)26(28,29)30)16-24-33-23(17-36-24)25(35)32-13-22-6-1-2-11-31-22/h1-12,17H,13-16H2,(H,32,35). The summed E-state index contributed by atoms with van der Waals surface area (Å²) in [4.78, 5) is 23.0. The summed E-state index contributed by atoms with van der Waals surface area (Å²) in [7, 11) is 0. The van der Waals surface area contributed by atoms with E-state index in [9.17, 15) is 22.4 Å². The van der Waals surface area contributed by atoms with Crippen LogP contribution in [0.2, 0.25) is 0 Å². The van der Waals surface area contributed by atoms with Crippen LogP contribution in [0.4, 0.5) is 17.6 Å². The monoisotopic (exact) mass is 514 g/mol. The van der Waals surface area contributed by atoms with Crippen molar-refractivity contribution >= 4 is 17.2 Å². The number of carbonyl (C=O) groups is 1. The zero-order valence-electron chi connectivity index (χ0n) is 19.0. The van der Waals surface area contributed by atoms with Crippen molar-refractivity contribution in [1.82, 2.24) is 20.2 Å². The summed E-state index contributed by atoms with van der Waals surface area (Å²) in [5.74, 6) is -0.712. The molecule has 2 aromatic carbocycles. The Kier molecular flexibility index (Phi) is 8.07. The predicted octanol–water partition coefficient (Wildman–Crippen LogP) is 5.83. The van der Waals surface area contributed by atoms with E-state index in [1.54, 1.807) is 41.9 Å². The number of amides is 1. The molecule has 0 spiro atoms. The van der Waals surface area contributed by atoms with Crippen molar-refractivity contribution in [3.05, 3.63) is 117 Å². The number of halogens is 4. The fraction of sp³-hybridized carbons (Fsp3) is 0.192. The SMILES string of the molecule is O=C(NCc1ccccn1)c1csc(CN(Cc2ccc(F)cc2)Cc2cccc(C(F)(F)F)c2)n1. The first kappa shape index (κ1) is 25.5. The van der Waals surface area contributed by atoms with E-state index in [0.29, 0.717) is 29.4 Å². The molecule has 0 aliphatic heterocycles. The highest BCUT2D eigenvalue weighted by Crippen LogP contribution is 2.30. The highest BCUT2D eigenvalue weighted by Gasteiger charge is 2.30. The van der Waals surface area contributed by atoms with Crippen LogP contribution in [0.5, 0.6) is 0 Å². The largest absolute Gasteiger partial charge is 0.416 e. The topological polar surface area (TPSA) is 58.1 Å². The molecular weight excluding hydrogens is 492 g/mol. The van der Waals surface area contributed by atoms with Crippen LogP contribution < -0.4 is 5.32 Å². The molecule has 0 saturated heterocycles. The van der Waals surface area contributed by atoms with Crippen molar-refractivity contribution < 1.29 is 22.4 Å². The Morgan fingerprint density at radius 2 is 1.72 bits per heavy atom. The van der Waals surface area contributed by atoms with Gasteiger partial charge in [0, 0.05) is 24.7 Å². The van der Waals surface area contributed by atoms with Gasteiger partial charge in [-0.3, -0.25) is 14.7 Å². The smallest absolute Gasteiger partial charge is 0.345 e. The van der Waals surface area contributed by atoms with Gasteiger partial charge in [0.05, 0.1) is 24.3 Å². The molecule has 0 radical (unpaired) electrons. The van der Waals surface area contributed by atoms with Gasteiger partial charge >= 0.3 is 6.18 Å². The average Bonchev–Trinajstić information content (AvgIpc) is 3.33. The summed E-state index contributed by atoms with van der Waals surface area (Å²) >= 11 is 1.29. The number of benzene rings is 2. The summed E-state index contributed by atoms with van der Waals surface area (Å²) < 4.78 is 52.9. The van der Waals surface area contributed by atoms with E-state index in [1.807, 2.05) is 11.0 Å². The zero-order chi connectivity index (χ0) is 25.5. The number of aromatic nitrogens is 2. The van der Waals surface area contributed by atoms with Crippen LogP contribution in [0.1, 0.15) is 37.9 Å². The molecule has 2 aromatic heterocycles. The molecule has 186 valence electrons. The van der Waals surface area contributed by atoms with Crippen LogP contribution in [-0.4, -0.2) is 20.8 Å². The van der Waals surface area contributed by atoms with Crippen molar-refractivity contribution in [2.75, 3.05) is 0 Å². The molecule has 0 aliphatic carbocycles. The number of nitrogens with one attached hydrogen (secondary N) is 1. The molecule has 2 heterocycles. The van der Waals surface area contributed by atoms with E-state index in [0.717, 1.165) is 17.7 Å². The van der Waals surface area contributed by atoms with Crippen LogP contribution in [0.3, 0.4) is 0 Å². The van der Waals surface area contributed by atoms with Crippen molar-refractivity contribution in [2.45, 2.75) is 32.4 Å². The molecule has 10 heteroatoms. The van der Waals surface area contributed by atoms with Crippen molar-refractivity contribution in [2.24, 2.45) is 0 Å². The van der Waals surface area contributed by atoms with E-state index in [1.165, 1.54) is 29.5 Å². The average molecular weight is 515 g/mol. The molecule has 36 heavy (non-hydrogen) atoms. The van der Waals surface area contributed by atoms with Gasteiger partial charge < -0.3 is 5.32 Å². The lowest BCUT2D eigenvalue weighted by molar-refractivity contribution is -0.137. The van der Waals surface area contributed by atoms with E-state index in [2.05, 4.69) is 15.3 Å². The van der Waals surface area contributed by atoms with Gasteiger partial charge in [-0.15, -0.1) is 11.3 Å².